The number of hydrogen-bond acceptors (Lipinski definition) is 5. The SMILES string of the molecule is O=P(O)(O)OP(=O)(O)OO.[NaH].[NaH].[NaH].[NaH]. The van der Waals surface area contributed by atoms with Crippen molar-refractivity contribution >= 4 is 134 Å². The molecular weight excluding hydrogens is 282 g/mol. The van der Waals surface area contributed by atoms with Crippen LogP contribution in [-0.2, 0) is 18.1 Å². The molecule has 0 aromatic rings. The number of hydrogen-bond donors (Lipinski definition) is 4. The molecule has 8 nitrogen and oxygen atoms in total. The summed E-state index contributed by atoms with van der Waals surface area (Å²) >= 11 is 0. The quantitative estimate of drug-likeness (QED) is 0.188. The predicted molar refractivity (Wildman–Crippen MR) is 55.3 cm³/mol. The predicted octanol–water partition coefficient (Wildman–Crippen LogP) is -2.91. The molecule has 1 unspecified atom stereocenters. The van der Waals surface area contributed by atoms with Gasteiger partial charge in [-0.2, -0.15) is 4.31 Å². The third-order valence-corrected chi connectivity index (χ3v) is 2.20. The molecular formula is H8Na4O8P2. The topological polar surface area (TPSA) is 134 Å². The first-order valence-electron chi connectivity index (χ1n) is 1.70. The molecule has 1 atom stereocenters. The second-order valence-corrected chi connectivity index (χ2v) is 3.86. The van der Waals surface area contributed by atoms with Gasteiger partial charge in [0, 0.05) is 0 Å². The fraction of sp³-hybridized carbons (Fsp3) is 0. The molecule has 70 valence electrons. The van der Waals surface area contributed by atoms with Crippen LogP contribution in [0.25, 0.3) is 0 Å². The zero-order valence-corrected chi connectivity index (χ0v) is 6.11. The van der Waals surface area contributed by atoms with Crippen molar-refractivity contribution in [3.63, 3.8) is 0 Å². The molecule has 0 fully saturated rings. The van der Waals surface area contributed by atoms with E-state index in [1.165, 1.54) is 0 Å². The van der Waals surface area contributed by atoms with Gasteiger partial charge in [-0.3, -0.25) is 0 Å². The Hall–Kier alpha value is 4.22. The van der Waals surface area contributed by atoms with Gasteiger partial charge in [-0.15, -0.1) is 4.67 Å². The molecule has 0 aliphatic heterocycles. The molecule has 0 rings (SSSR count). The van der Waals surface area contributed by atoms with Crippen molar-refractivity contribution in [2.24, 2.45) is 0 Å². The summed E-state index contributed by atoms with van der Waals surface area (Å²) in [5.41, 5.74) is 0. The summed E-state index contributed by atoms with van der Waals surface area (Å²) in [6.07, 6.45) is 0. The zero-order valence-electron chi connectivity index (χ0n) is 4.32. The fourth-order valence-corrected chi connectivity index (χ4v) is 1.34. The first kappa shape index (κ1) is 30.9. The summed E-state index contributed by atoms with van der Waals surface area (Å²) in [4.78, 5) is 23.7. The molecule has 0 saturated carbocycles. The van der Waals surface area contributed by atoms with Gasteiger partial charge in [-0.25, -0.2) is 14.4 Å². The summed E-state index contributed by atoms with van der Waals surface area (Å²) in [5, 5.41) is 7.48. The van der Waals surface area contributed by atoms with Crippen LogP contribution < -0.4 is 0 Å². The van der Waals surface area contributed by atoms with Gasteiger partial charge >= 0.3 is 134 Å². The average Bonchev–Trinajstić information content (AvgIpc) is 1.60. The van der Waals surface area contributed by atoms with Gasteiger partial charge in [0.05, 0.1) is 0 Å². The second-order valence-electron chi connectivity index (χ2n) is 1.12. The third kappa shape index (κ3) is 21.5. The fourth-order valence-electron chi connectivity index (χ4n) is 0.149. The van der Waals surface area contributed by atoms with Crippen LogP contribution in [0, 0.1) is 0 Å². The van der Waals surface area contributed by atoms with Crippen LogP contribution >= 0.6 is 15.6 Å². The molecule has 14 heavy (non-hydrogen) atoms. The second kappa shape index (κ2) is 13.6. The zero-order chi connectivity index (χ0) is 8.41. The Morgan fingerprint density at radius 3 is 1.21 bits per heavy atom. The molecule has 0 radical (unpaired) electrons. The van der Waals surface area contributed by atoms with Crippen LogP contribution in [0.3, 0.4) is 0 Å². The van der Waals surface area contributed by atoms with Crippen LogP contribution in [0.4, 0.5) is 0 Å². The molecule has 0 spiro atoms. The van der Waals surface area contributed by atoms with Crippen molar-refractivity contribution in [2.75, 3.05) is 0 Å². The Morgan fingerprint density at radius 1 is 0.857 bits per heavy atom. The van der Waals surface area contributed by atoms with E-state index in [2.05, 4.69) is 8.99 Å². The maximum atomic E-state index is 9.97. The number of rotatable bonds is 3. The van der Waals surface area contributed by atoms with Gasteiger partial charge in [0.2, 0.25) is 0 Å². The van der Waals surface area contributed by atoms with Gasteiger partial charge in [0.25, 0.3) is 0 Å². The molecule has 0 saturated heterocycles. The van der Waals surface area contributed by atoms with Crippen LogP contribution in [0.5, 0.6) is 0 Å². The molecule has 4 N–H and O–H groups in total. The van der Waals surface area contributed by atoms with Gasteiger partial charge in [-0.05, 0) is 0 Å². The van der Waals surface area contributed by atoms with E-state index in [4.69, 9.17) is 19.9 Å². The van der Waals surface area contributed by atoms with E-state index >= 15 is 0 Å². The van der Waals surface area contributed by atoms with Crippen molar-refractivity contribution < 1.29 is 38.1 Å². The van der Waals surface area contributed by atoms with Gasteiger partial charge in [0.1, 0.15) is 0 Å². The molecule has 0 aromatic heterocycles. The van der Waals surface area contributed by atoms with Gasteiger partial charge in [0.15, 0.2) is 0 Å². The molecule has 0 aromatic carbocycles. The van der Waals surface area contributed by atoms with Crippen molar-refractivity contribution in [3.8, 4) is 0 Å². The monoisotopic (exact) mass is 290 g/mol. The van der Waals surface area contributed by atoms with E-state index in [0.717, 1.165) is 0 Å². The van der Waals surface area contributed by atoms with Crippen LogP contribution in [0.1, 0.15) is 0 Å². The minimum absolute atomic E-state index is 0. The van der Waals surface area contributed by atoms with E-state index in [9.17, 15) is 9.13 Å². The van der Waals surface area contributed by atoms with E-state index in [1.54, 1.807) is 0 Å². The Balaban J connectivity index is -0.0000000675. The van der Waals surface area contributed by atoms with Crippen LogP contribution in [0.2, 0.25) is 0 Å². The maximum absolute atomic E-state index is 9.97. The van der Waals surface area contributed by atoms with Gasteiger partial charge < -0.3 is 14.7 Å². The van der Waals surface area contributed by atoms with E-state index in [0.29, 0.717) is 0 Å². The summed E-state index contributed by atoms with van der Waals surface area (Å²) in [5.74, 6) is 0. The van der Waals surface area contributed by atoms with Crippen LogP contribution in [0.15, 0.2) is 0 Å². The summed E-state index contributed by atoms with van der Waals surface area (Å²) in [7, 11) is -10.1. The molecule has 0 aliphatic rings. The Labute approximate surface area is 168 Å². The van der Waals surface area contributed by atoms with E-state index in [-0.39, 0.29) is 118 Å². The summed E-state index contributed by atoms with van der Waals surface area (Å²) in [6.45, 7) is 0. The molecule has 0 amide bonds. The molecule has 14 heteroatoms. The standard InChI is InChI=1S/4Na.H4O8P2.4H/c;;;;1-7-10(5,6)8-9(2,3)4;;;;/h;;;;1H,(H,5,6)(H2,2,3,4);;;;. The van der Waals surface area contributed by atoms with Gasteiger partial charge in [-0.1, -0.05) is 0 Å². The van der Waals surface area contributed by atoms with Crippen LogP contribution in [-0.4, -0.2) is 138 Å². The first-order chi connectivity index (χ1) is 4.27. The summed E-state index contributed by atoms with van der Waals surface area (Å²) < 4.78 is 25.5. The molecule has 0 aliphatic carbocycles. The van der Waals surface area contributed by atoms with E-state index in [1.807, 2.05) is 0 Å². The van der Waals surface area contributed by atoms with Crippen molar-refractivity contribution in [1.82, 2.24) is 0 Å². The molecule has 0 heterocycles. The Bertz CT molecular complexity index is 198. The minimum atomic E-state index is -5.10. The summed E-state index contributed by atoms with van der Waals surface area (Å²) in [6, 6.07) is 0. The van der Waals surface area contributed by atoms with E-state index < -0.39 is 15.6 Å². The average molecular weight is 290 g/mol. The van der Waals surface area contributed by atoms with Crippen molar-refractivity contribution in [1.29, 1.82) is 0 Å². The Kier molecular flexibility index (Phi) is 30.1. The van der Waals surface area contributed by atoms with Crippen molar-refractivity contribution in [3.05, 3.63) is 0 Å². The first-order valence-corrected chi connectivity index (χ1v) is 4.72. The van der Waals surface area contributed by atoms with Crippen molar-refractivity contribution in [2.45, 2.75) is 0 Å². The molecule has 0 bridgehead atoms. The third-order valence-electron chi connectivity index (χ3n) is 0.313. The normalized spacial score (nSPS) is 13.1. The Morgan fingerprint density at radius 2 is 1.14 bits per heavy atom. The number of phosphoric acid groups is 2.